The predicted molar refractivity (Wildman–Crippen MR) is 59.2 cm³/mol. The summed E-state index contributed by atoms with van der Waals surface area (Å²) in [5, 5.41) is 6.88. The van der Waals surface area contributed by atoms with Crippen molar-refractivity contribution in [1.29, 1.82) is 0 Å². The number of carbonyl (C=O) groups excluding carboxylic acids is 3. The van der Waals surface area contributed by atoms with Crippen LogP contribution in [0.15, 0.2) is 0 Å². The number of rotatable bonds is 5. The van der Waals surface area contributed by atoms with Gasteiger partial charge in [-0.2, -0.15) is 0 Å². The van der Waals surface area contributed by atoms with Crippen LogP contribution >= 0.6 is 22.9 Å². The SMILES string of the molecule is NC(=O)CN(CC(N)=O)C(=O)c1nnc(Cl)s1. The third-order valence-corrected chi connectivity index (χ3v) is 2.57. The van der Waals surface area contributed by atoms with E-state index >= 15 is 0 Å². The maximum atomic E-state index is 11.8. The Labute approximate surface area is 105 Å². The van der Waals surface area contributed by atoms with Gasteiger partial charge in [0.25, 0.3) is 5.91 Å². The van der Waals surface area contributed by atoms with Crippen LogP contribution in [0.1, 0.15) is 9.80 Å². The molecule has 0 fully saturated rings. The van der Waals surface area contributed by atoms with E-state index in [4.69, 9.17) is 23.1 Å². The topological polar surface area (TPSA) is 132 Å². The lowest BCUT2D eigenvalue weighted by Gasteiger charge is -2.17. The molecule has 0 spiro atoms. The zero-order valence-corrected chi connectivity index (χ0v) is 9.99. The lowest BCUT2D eigenvalue weighted by Crippen LogP contribution is -2.43. The van der Waals surface area contributed by atoms with Crippen LogP contribution in [0.3, 0.4) is 0 Å². The molecule has 0 aliphatic rings. The van der Waals surface area contributed by atoms with E-state index in [1.807, 2.05) is 0 Å². The third-order valence-electron chi connectivity index (χ3n) is 1.56. The van der Waals surface area contributed by atoms with Gasteiger partial charge in [0.2, 0.25) is 21.3 Å². The average molecular weight is 278 g/mol. The van der Waals surface area contributed by atoms with Gasteiger partial charge in [-0.3, -0.25) is 14.4 Å². The molecule has 1 rings (SSSR count). The van der Waals surface area contributed by atoms with Crippen molar-refractivity contribution in [1.82, 2.24) is 15.1 Å². The highest BCUT2D eigenvalue weighted by Crippen LogP contribution is 2.16. The first-order valence-corrected chi connectivity index (χ1v) is 5.44. The Kier molecular flexibility index (Phi) is 4.35. The lowest BCUT2D eigenvalue weighted by molar-refractivity contribution is -0.121. The normalized spacial score (nSPS) is 9.94. The molecular formula is C7H8ClN5O3S. The first-order chi connectivity index (χ1) is 7.90. The minimum absolute atomic E-state index is 0.0440. The van der Waals surface area contributed by atoms with E-state index in [0.29, 0.717) is 0 Å². The van der Waals surface area contributed by atoms with Crippen LogP contribution in [0.5, 0.6) is 0 Å². The van der Waals surface area contributed by atoms with Gasteiger partial charge in [-0.25, -0.2) is 0 Å². The molecule has 8 nitrogen and oxygen atoms in total. The van der Waals surface area contributed by atoms with Gasteiger partial charge in [-0.15, -0.1) is 10.2 Å². The molecule has 0 atom stereocenters. The van der Waals surface area contributed by atoms with Crippen molar-refractivity contribution >= 4 is 40.7 Å². The Morgan fingerprint density at radius 3 is 2.06 bits per heavy atom. The standard InChI is InChI=1S/C7H8ClN5O3S/c8-7-12-11-5(17-7)6(16)13(1-3(9)14)2-4(10)15/h1-2H2,(H2,9,14)(H2,10,15). The fourth-order valence-corrected chi connectivity index (χ4v) is 1.80. The molecule has 0 radical (unpaired) electrons. The van der Waals surface area contributed by atoms with E-state index in [-0.39, 0.29) is 9.47 Å². The van der Waals surface area contributed by atoms with E-state index in [1.54, 1.807) is 0 Å². The second-order valence-electron chi connectivity index (χ2n) is 2.95. The van der Waals surface area contributed by atoms with E-state index < -0.39 is 30.8 Å². The highest BCUT2D eigenvalue weighted by molar-refractivity contribution is 7.17. The zero-order chi connectivity index (χ0) is 13.0. The van der Waals surface area contributed by atoms with Gasteiger partial charge < -0.3 is 16.4 Å². The Balaban J connectivity index is 2.85. The molecule has 92 valence electrons. The van der Waals surface area contributed by atoms with Crippen LogP contribution in [0.25, 0.3) is 0 Å². The van der Waals surface area contributed by atoms with Crippen LogP contribution in [0, 0.1) is 0 Å². The van der Waals surface area contributed by atoms with Gasteiger partial charge >= 0.3 is 0 Å². The minimum atomic E-state index is -0.768. The zero-order valence-electron chi connectivity index (χ0n) is 8.42. The second-order valence-corrected chi connectivity index (χ2v) is 4.51. The number of halogens is 1. The number of primary amides is 2. The molecule has 0 unspecified atom stereocenters. The smallest absolute Gasteiger partial charge is 0.285 e. The summed E-state index contributed by atoms with van der Waals surface area (Å²) in [6.07, 6.45) is 0. The molecule has 0 saturated heterocycles. The molecule has 1 heterocycles. The molecule has 0 aromatic carbocycles. The van der Waals surface area contributed by atoms with Crippen molar-refractivity contribution in [3.8, 4) is 0 Å². The number of amides is 3. The molecule has 4 N–H and O–H groups in total. The molecule has 0 saturated carbocycles. The highest BCUT2D eigenvalue weighted by Gasteiger charge is 2.22. The summed E-state index contributed by atoms with van der Waals surface area (Å²) in [6.45, 7) is -0.863. The molecule has 1 aromatic rings. The maximum Gasteiger partial charge on any atom is 0.285 e. The largest absolute Gasteiger partial charge is 0.368 e. The van der Waals surface area contributed by atoms with Crippen LogP contribution in [-0.4, -0.2) is 45.9 Å². The molecular weight excluding hydrogens is 270 g/mol. The van der Waals surface area contributed by atoms with Gasteiger partial charge in [0.05, 0.1) is 0 Å². The monoisotopic (exact) mass is 277 g/mol. The third kappa shape index (κ3) is 3.96. The predicted octanol–water partition coefficient (Wildman–Crippen LogP) is -1.40. The summed E-state index contributed by atoms with van der Waals surface area (Å²) in [6, 6.07) is 0. The molecule has 0 aliphatic heterocycles. The van der Waals surface area contributed by atoms with Gasteiger partial charge in [0.15, 0.2) is 0 Å². The van der Waals surface area contributed by atoms with Crippen molar-refractivity contribution in [3.05, 3.63) is 9.47 Å². The Bertz CT molecular complexity index is 446. The summed E-state index contributed by atoms with van der Waals surface area (Å²) < 4.78 is 0.0754. The van der Waals surface area contributed by atoms with Crippen molar-refractivity contribution in [2.24, 2.45) is 11.5 Å². The fraction of sp³-hybridized carbons (Fsp3) is 0.286. The van der Waals surface area contributed by atoms with Crippen molar-refractivity contribution < 1.29 is 14.4 Å². The average Bonchev–Trinajstić information content (AvgIpc) is 2.61. The van der Waals surface area contributed by atoms with Crippen LogP contribution in [-0.2, 0) is 9.59 Å². The van der Waals surface area contributed by atoms with E-state index in [2.05, 4.69) is 10.2 Å². The van der Waals surface area contributed by atoms with E-state index in [1.165, 1.54) is 0 Å². The number of hydrogen-bond acceptors (Lipinski definition) is 6. The summed E-state index contributed by atoms with van der Waals surface area (Å²) in [7, 11) is 0. The van der Waals surface area contributed by atoms with Crippen LogP contribution in [0.4, 0.5) is 0 Å². The molecule has 3 amide bonds. The number of hydrogen-bond donors (Lipinski definition) is 2. The highest BCUT2D eigenvalue weighted by atomic mass is 35.5. The van der Waals surface area contributed by atoms with Gasteiger partial charge in [-0.05, 0) is 11.6 Å². The van der Waals surface area contributed by atoms with Crippen LogP contribution < -0.4 is 11.5 Å². The summed E-state index contributed by atoms with van der Waals surface area (Å²) in [4.78, 5) is 34.2. The summed E-state index contributed by atoms with van der Waals surface area (Å²) >= 11 is 6.34. The first kappa shape index (κ1) is 13.3. The molecule has 17 heavy (non-hydrogen) atoms. The fourth-order valence-electron chi connectivity index (χ4n) is 1.00. The maximum absolute atomic E-state index is 11.8. The van der Waals surface area contributed by atoms with E-state index in [0.717, 1.165) is 16.2 Å². The van der Waals surface area contributed by atoms with Crippen LogP contribution in [0.2, 0.25) is 4.47 Å². The number of nitrogens with zero attached hydrogens (tertiary/aromatic N) is 3. The number of aromatic nitrogens is 2. The van der Waals surface area contributed by atoms with Crippen molar-refractivity contribution in [3.63, 3.8) is 0 Å². The number of nitrogens with two attached hydrogens (primary N) is 2. The number of carbonyl (C=O) groups is 3. The van der Waals surface area contributed by atoms with Crippen molar-refractivity contribution in [2.75, 3.05) is 13.1 Å². The van der Waals surface area contributed by atoms with Gasteiger partial charge in [-0.1, -0.05) is 11.3 Å². The molecule has 0 aliphatic carbocycles. The van der Waals surface area contributed by atoms with Gasteiger partial charge in [0, 0.05) is 0 Å². The Morgan fingerprint density at radius 2 is 1.71 bits per heavy atom. The first-order valence-electron chi connectivity index (χ1n) is 4.25. The minimum Gasteiger partial charge on any atom is -0.368 e. The Hall–Kier alpha value is -1.74. The molecule has 1 aromatic heterocycles. The summed E-state index contributed by atoms with van der Waals surface area (Å²) in [5.41, 5.74) is 9.89. The van der Waals surface area contributed by atoms with Gasteiger partial charge in [0.1, 0.15) is 13.1 Å². The Morgan fingerprint density at radius 1 is 1.18 bits per heavy atom. The summed E-state index contributed by atoms with van der Waals surface area (Å²) in [5.74, 6) is -2.21. The molecule has 10 heteroatoms. The van der Waals surface area contributed by atoms with Crippen molar-refractivity contribution in [2.45, 2.75) is 0 Å². The lowest BCUT2D eigenvalue weighted by atomic mass is 10.4. The second kappa shape index (κ2) is 5.55. The van der Waals surface area contributed by atoms with E-state index in [9.17, 15) is 14.4 Å². The molecule has 0 bridgehead atoms. The quantitative estimate of drug-likeness (QED) is 0.683.